The summed E-state index contributed by atoms with van der Waals surface area (Å²) in [4.78, 5) is 25.8. The largest absolute Gasteiger partial charge is 0.325 e. The molecule has 2 N–H and O–H groups in total. The lowest BCUT2D eigenvalue weighted by atomic mass is 10.2. The van der Waals surface area contributed by atoms with Crippen molar-refractivity contribution < 1.29 is 26.4 Å². The Hall–Kier alpha value is -2.54. The van der Waals surface area contributed by atoms with Gasteiger partial charge in [-0.2, -0.15) is 8.61 Å². The zero-order valence-electron chi connectivity index (χ0n) is 26.2. The predicted molar refractivity (Wildman–Crippen MR) is 186 cm³/mol. The summed E-state index contributed by atoms with van der Waals surface area (Å²) in [5.74, 6) is -0.553. The topological polar surface area (TPSA) is 159 Å². The van der Waals surface area contributed by atoms with Gasteiger partial charge in [0.2, 0.25) is 31.9 Å². The van der Waals surface area contributed by atoms with Gasteiger partial charge in [-0.05, 0) is 74.9 Å². The van der Waals surface area contributed by atoms with Crippen molar-refractivity contribution in [3.05, 3.63) is 47.5 Å². The molecule has 12 nitrogen and oxygen atoms in total. The highest BCUT2D eigenvalue weighted by Gasteiger charge is 2.29. The summed E-state index contributed by atoms with van der Waals surface area (Å²) in [7, 11) is -7.29. The first-order chi connectivity index (χ1) is 22.4. The number of amides is 2. The molecule has 3 aromatic rings. The third-order valence-corrected chi connectivity index (χ3v) is 15.1. The summed E-state index contributed by atoms with van der Waals surface area (Å²) in [6.07, 6.45) is 5.40. The lowest BCUT2D eigenvalue weighted by molar-refractivity contribution is -0.114. The molecule has 0 radical (unpaired) electrons. The number of aryl methyl sites for hydroxylation is 2. The molecule has 3 heterocycles. The third kappa shape index (κ3) is 9.13. The van der Waals surface area contributed by atoms with Gasteiger partial charge in [-0.3, -0.25) is 9.59 Å². The number of nitrogens with zero attached hydrogens (tertiary/aromatic N) is 4. The highest BCUT2D eigenvalue weighted by molar-refractivity contribution is 8.03. The molecule has 0 unspecified atom stereocenters. The summed E-state index contributed by atoms with van der Waals surface area (Å²) < 4.78 is 56.9. The Balaban J connectivity index is 1.11. The van der Waals surface area contributed by atoms with Crippen molar-refractivity contribution in [1.82, 2.24) is 18.8 Å². The van der Waals surface area contributed by atoms with E-state index in [0.29, 0.717) is 57.4 Å². The minimum absolute atomic E-state index is 0.0396. The highest BCUT2D eigenvalue weighted by atomic mass is 32.2. The van der Waals surface area contributed by atoms with Gasteiger partial charge in [0.15, 0.2) is 8.68 Å². The molecule has 2 aliphatic heterocycles. The van der Waals surface area contributed by atoms with E-state index in [-0.39, 0.29) is 33.1 Å². The number of nitrogens with one attached hydrogen (secondary N) is 2. The van der Waals surface area contributed by atoms with E-state index in [9.17, 15) is 26.4 Å². The van der Waals surface area contributed by atoms with Crippen LogP contribution in [0.15, 0.2) is 54.9 Å². The average Bonchev–Trinajstić information content (AvgIpc) is 3.53. The Bertz CT molecular complexity index is 1690. The first kappa shape index (κ1) is 35.8. The number of carbonyl (C=O) groups is 2. The van der Waals surface area contributed by atoms with E-state index >= 15 is 0 Å². The van der Waals surface area contributed by atoms with Crippen molar-refractivity contribution in [2.45, 2.75) is 70.8 Å². The monoisotopic (exact) mass is 738 g/mol. The molecule has 0 spiro atoms. The molecule has 2 aromatic carbocycles. The second-order valence-electron chi connectivity index (χ2n) is 11.4. The predicted octanol–water partition coefficient (Wildman–Crippen LogP) is 4.97. The number of anilines is 2. The third-order valence-electron chi connectivity index (χ3n) is 7.85. The summed E-state index contributed by atoms with van der Waals surface area (Å²) >= 11 is 3.63. The van der Waals surface area contributed by atoms with Crippen molar-refractivity contribution in [3.63, 3.8) is 0 Å². The van der Waals surface area contributed by atoms with Crippen molar-refractivity contribution in [2.75, 3.05) is 48.3 Å². The Morgan fingerprint density at radius 3 is 1.45 bits per heavy atom. The van der Waals surface area contributed by atoms with Crippen LogP contribution in [0.3, 0.4) is 0 Å². The van der Waals surface area contributed by atoms with Crippen molar-refractivity contribution in [1.29, 1.82) is 0 Å². The van der Waals surface area contributed by atoms with Crippen LogP contribution in [0, 0.1) is 13.8 Å². The molecule has 0 aliphatic carbocycles. The molecule has 2 saturated heterocycles. The quantitative estimate of drug-likeness (QED) is 0.243. The van der Waals surface area contributed by atoms with E-state index in [1.807, 2.05) is 0 Å². The molecule has 47 heavy (non-hydrogen) atoms. The van der Waals surface area contributed by atoms with Gasteiger partial charge in [-0.25, -0.2) is 16.8 Å². The lowest BCUT2D eigenvalue weighted by Gasteiger charge is -2.26. The minimum Gasteiger partial charge on any atom is -0.325 e. The first-order valence-electron chi connectivity index (χ1n) is 15.3. The van der Waals surface area contributed by atoms with Gasteiger partial charge in [0.25, 0.3) is 0 Å². The van der Waals surface area contributed by atoms with Crippen LogP contribution in [0.2, 0.25) is 0 Å². The Labute approximate surface area is 288 Å². The van der Waals surface area contributed by atoms with E-state index in [2.05, 4.69) is 20.8 Å². The molecule has 2 amide bonds. The number of rotatable bonds is 12. The molecule has 1 aromatic heterocycles. The molecule has 0 atom stereocenters. The van der Waals surface area contributed by atoms with Crippen molar-refractivity contribution in [2.24, 2.45) is 0 Å². The van der Waals surface area contributed by atoms with Crippen LogP contribution in [0.25, 0.3) is 0 Å². The average molecular weight is 739 g/mol. The molecule has 0 saturated carbocycles. The van der Waals surface area contributed by atoms with E-state index in [1.165, 1.54) is 55.6 Å². The highest BCUT2D eigenvalue weighted by Crippen LogP contribution is 2.31. The fourth-order valence-electron chi connectivity index (χ4n) is 5.36. The van der Waals surface area contributed by atoms with Crippen molar-refractivity contribution in [3.8, 4) is 0 Å². The number of benzene rings is 2. The maximum atomic E-state index is 13.2. The van der Waals surface area contributed by atoms with E-state index in [4.69, 9.17) is 0 Å². The SMILES string of the molecule is Cc1ccc(NC(=O)CSc2nnc(SCC(=O)Nc3ccc(C)c(S(=O)(=O)N4CCCCC4)c3)s2)cc1S(=O)(=O)N1CCCCC1. The smallest absolute Gasteiger partial charge is 0.243 e. The maximum Gasteiger partial charge on any atom is 0.243 e. The number of hydrogen-bond acceptors (Lipinski definition) is 11. The first-order valence-corrected chi connectivity index (χ1v) is 21.0. The van der Waals surface area contributed by atoms with Gasteiger partial charge in [0.05, 0.1) is 21.3 Å². The van der Waals surface area contributed by atoms with Crippen LogP contribution in [0.4, 0.5) is 11.4 Å². The summed E-state index contributed by atoms with van der Waals surface area (Å²) in [5.41, 5.74) is 2.06. The Morgan fingerprint density at radius 1 is 0.681 bits per heavy atom. The molecule has 0 bridgehead atoms. The van der Waals surface area contributed by atoms with E-state index in [1.54, 1.807) is 38.1 Å². The second kappa shape index (κ2) is 15.8. The van der Waals surface area contributed by atoms with Gasteiger partial charge in [-0.15, -0.1) is 10.2 Å². The fourth-order valence-corrected chi connectivity index (χ4v) is 11.5. The molecule has 5 rings (SSSR count). The van der Waals surface area contributed by atoms with Crippen LogP contribution in [0.5, 0.6) is 0 Å². The molecule has 2 fully saturated rings. The van der Waals surface area contributed by atoms with Gasteiger partial charge in [-0.1, -0.05) is 59.8 Å². The lowest BCUT2D eigenvalue weighted by Crippen LogP contribution is -2.36. The number of hydrogen-bond donors (Lipinski definition) is 2. The summed E-state index contributed by atoms with van der Waals surface area (Å²) in [6, 6.07) is 9.78. The number of aromatic nitrogens is 2. The van der Waals surface area contributed by atoms with E-state index < -0.39 is 20.0 Å². The number of carbonyl (C=O) groups excluding carboxylic acids is 2. The summed E-state index contributed by atoms with van der Waals surface area (Å²) in [6.45, 7) is 5.49. The van der Waals surface area contributed by atoms with Crippen LogP contribution in [-0.2, 0) is 29.6 Å². The van der Waals surface area contributed by atoms with Crippen molar-refractivity contribution >= 4 is 78.1 Å². The van der Waals surface area contributed by atoms with Crippen LogP contribution in [0.1, 0.15) is 49.7 Å². The van der Waals surface area contributed by atoms with E-state index in [0.717, 1.165) is 38.5 Å². The summed E-state index contributed by atoms with van der Waals surface area (Å²) in [5, 5.41) is 13.8. The van der Waals surface area contributed by atoms with Gasteiger partial charge < -0.3 is 10.6 Å². The molecule has 17 heteroatoms. The van der Waals surface area contributed by atoms with Gasteiger partial charge >= 0.3 is 0 Å². The minimum atomic E-state index is -3.64. The van der Waals surface area contributed by atoms with Gasteiger partial charge in [0, 0.05) is 37.6 Å². The van der Waals surface area contributed by atoms with Gasteiger partial charge in [0.1, 0.15) is 0 Å². The number of piperidine rings is 2. The molecular formula is C30H38N6O6S5. The molecule has 2 aliphatic rings. The zero-order chi connectivity index (χ0) is 33.6. The van der Waals surface area contributed by atoms with Crippen LogP contribution >= 0.6 is 34.9 Å². The Morgan fingerprint density at radius 2 is 1.06 bits per heavy atom. The molecular weight excluding hydrogens is 701 g/mol. The Kier molecular flexibility index (Phi) is 12.0. The number of sulfonamides is 2. The normalized spacial score (nSPS) is 16.6. The van der Waals surface area contributed by atoms with Crippen LogP contribution in [-0.4, -0.2) is 85.1 Å². The van der Waals surface area contributed by atoms with Crippen LogP contribution < -0.4 is 10.6 Å². The standard InChI is InChI=1S/C30H38N6O6S5/c1-21-9-11-23(17-25(21)46(39,40)35-13-5-3-6-14-35)31-27(37)19-43-29-33-34-30(45-29)44-20-28(38)32-24-12-10-22(2)26(18-24)47(41,42)36-15-7-4-8-16-36/h9-12,17-18H,3-8,13-16,19-20H2,1-2H3,(H,31,37)(H,32,38). The maximum absolute atomic E-state index is 13.2. The fraction of sp³-hybridized carbons (Fsp3) is 0.467. The second-order valence-corrected chi connectivity index (χ2v) is 18.6. The number of thioether (sulfide) groups is 2. The molecule has 254 valence electrons. The zero-order valence-corrected chi connectivity index (χ0v) is 30.3.